The van der Waals surface area contributed by atoms with Gasteiger partial charge in [-0.25, -0.2) is 0 Å². The number of carbonyl (C=O) groups is 2. The minimum absolute atomic E-state index is 0.0585. The van der Waals surface area contributed by atoms with Crippen molar-refractivity contribution in [3.05, 3.63) is 35.4 Å². The van der Waals surface area contributed by atoms with Crippen LogP contribution in [0.4, 0.5) is 13.2 Å². The molecule has 0 radical (unpaired) electrons. The molecular formula is C18H21F3N2O3. The number of amides is 2. The Bertz CT molecular complexity index is 717. The molecule has 1 saturated heterocycles. The van der Waals surface area contributed by atoms with Crippen molar-refractivity contribution in [1.29, 1.82) is 0 Å². The molecule has 0 aromatic heterocycles. The summed E-state index contributed by atoms with van der Waals surface area (Å²) in [6, 6.07) is 4.58. The van der Waals surface area contributed by atoms with Crippen molar-refractivity contribution >= 4 is 11.8 Å². The van der Waals surface area contributed by atoms with Crippen LogP contribution in [0.25, 0.3) is 0 Å². The molecule has 5 nitrogen and oxygen atoms in total. The normalized spacial score (nSPS) is 26.7. The lowest BCUT2D eigenvalue weighted by atomic mass is 9.60. The summed E-state index contributed by atoms with van der Waals surface area (Å²) in [6.07, 6.45) is -3.77. The molecule has 0 atom stereocenters. The predicted octanol–water partition coefficient (Wildman–Crippen LogP) is 2.08. The molecule has 2 aliphatic rings. The van der Waals surface area contributed by atoms with Gasteiger partial charge < -0.3 is 15.3 Å². The van der Waals surface area contributed by atoms with Crippen molar-refractivity contribution in [2.24, 2.45) is 5.92 Å². The number of nitrogens with one attached hydrogen (secondary N) is 1. The molecule has 26 heavy (non-hydrogen) atoms. The van der Waals surface area contributed by atoms with Crippen molar-refractivity contribution < 1.29 is 27.9 Å². The number of piperazine rings is 1. The Hall–Kier alpha value is -2.09. The van der Waals surface area contributed by atoms with Gasteiger partial charge in [-0.1, -0.05) is 12.1 Å². The molecule has 2 fully saturated rings. The van der Waals surface area contributed by atoms with Crippen molar-refractivity contribution in [3.8, 4) is 0 Å². The van der Waals surface area contributed by atoms with Gasteiger partial charge in [0.1, 0.15) is 5.54 Å². The largest absolute Gasteiger partial charge is 0.416 e. The molecule has 0 bridgehead atoms. The van der Waals surface area contributed by atoms with E-state index < -0.39 is 22.9 Å². The van der Waals surface area contributed by atoms with Gasteiger partial charge in [0.25, 0.3) is 0 Å². The first-order valence-electron chi connectivity index (χ1n) is 8.41. The zero-order valence-electron chi connectivity index (χ0n) is 14.6. The maximum Gasteiger partial charge on any atom is 0.416 e. The summed E-state index contributed by atoms with van der Waals surface area (Å²) in [5, 5.41) is 12.7. The molecule has 8 heteroatoms. The Morgan fingerprint density at radius 2 is 1.77 bits per heavy atom. The summed E-state index contributed by atoms with van der Waals surface area (Å²) >= 11 is 0. The van der Waals surface area contributed by atoms with E-state index in [-0.39, 0.29) is 30.8 Å². The number of alkyl halides is 3. The summed E-state index contributed by atoms with van der Waals surface area (Å²) in [7, 11) is 0. The van der Waals surface area contributed by atoms with E-state index >= 15 is 0 Å². The van der Waals surface area contributed by atoms with E-state index in [1.54, 1.807) is 13.8 Å². The number of nitrogens with zero attached hydrogens (tertiary/aromatic N) is 1. The second-order valence-corrected chi connectivity index (χ2v) is 7.65. The Balaban J connectivity index is 1.82. The minimum atomic E-state index is -4.42. The summed E-state index contributed by atoms with van der Waals surface area (Å²) in [4.78, 5) is 26.3. The molecule has 3 rings (SSSR count). The highest BCUT2D eigenvalue weighted by atomic mass is 19.4. The van der Waals surface area contributed by atoms with E-state index in [2.05, 4.69) is 5.32 Å². The van der Waals surface area contributed by atoms with Crippen LogP contribution in [0.5, 0.6) is 0 Å². The molecule has 1 aromatic carbocycles. The third kappa shape index (κ3) is 3.18. The fraction of sp³-hybridized carbons (Fsp3) is 0.556. The summed E-state index contributed by atoms with van der Waals surface area (Å²) < 4.78 is 38.1. The van der Waals surface area contributed by atoms with Crippen molar-refractivity contribution in [2.75, 3.05) is 6.54 Å². The third-order valence-corrected chi connectivity index (χ3v) is 5.43. The average Bonchev–Trinajstić information content (AvgIpc) is 2.48. The molecule has 2 amide bonds. The lowest BCUT2D eigenvalue weighted by Crippen LogP contribution is -2.73. The first-order chi connectivity index (χ1) is 11.9. The first kappa shape index (κ1) is 18.7. The quantitative estimate of drug-likeness (QED) is 0.856. The number of benzene rings is 1. The summed E-state index contributed by atoms with van der Waals surface area (Å²) in [5.74, 6) is -0.683. The molecule has 1 spiro atoms. The first-order valence-corrected chi connectivity index (χ1v) is 8.41. The Morgan fingerprint density at radius 1 is 1.19 bits per heavy atom. The summed E-state index contributed by atoms with van der Waals surface area (Å²) in [6.45, 7) is 3.25. The fourth-order valence-electron chi connectivity index (χ4n) is 3.66. The molecule has 1 saturated carbocycles. The van der Waals surface area contributed by atoms with Crippen LogP contribution in [-0.4, -0.2) is 39.5 Å². The van der Waals surface area contributed by atoms with Gasteiger partial charge >= 0.3 is 6.18 Å². The Kier molecular flexibility index (Phi) is 4.29. The molecule has 1 aliphatic heterocycles. The maximum absolute atomic E-state index is 12.7. The number of hydrogen-bond acceptors (Lipinski definition) is 3. The lowest BCUT2D eigenvalue weighted by molar-refractivity contribution is -0.174. The molecule has 2 N–H and O–H groups in total. The maximum atomic E-state index is 12.7. The Labute approximate surface area is 149 Å². The van der Waals surface area contributed by atoms with E-state index in [0.29, 0.717) is 18.4 Å². The van der Waals surface area contributed by atoms with Gasteiger partial charge in [0.05, 0.1) is 17.7 Å². The smallest absolute Gasteiger partial charge is 0.390 e. The van der Waals surface area contributed by atoms with Crippen LogP contribution in [0, 0.1) is 5.92 Å². The number of carbonyl (C=O) groups excluding carboxylic acids is 2. The lowest BCUT2D eigenvalue weighted by Gasteiger charge is -2.57. The van der Waals surface area contributed by atoms with Crippen LogP contribution in [0.1, 0.15) is 37.8 Å². The minimum Gasteiger partial charge on any atom is -0.390 e. The standard InChI is InChI=1S/C18H21F3N2O3/c1-16(2,26)13-7-17(8-13)15(25)22-9-14(24)23(17)10-11-3-5-12(6-4-11)18(19,20)21/h3-6,13,26H,7-10H2,1-2H3,(H,22,25). The van der Waals surface area contributed by atoms with Gasteiger partial charge in [-0.3, -0.25) is 9.59 Å². The van der Waals surface area contributed by atoms with Crippen molar-refractivity contribution in [1.82, 2.24) is 10.2 Å². The van der Waals surface area contributed by atoms with Gasteiger partial charge in [0.2, 0.25) is 11.8 Å². The fourth-order valence-corrected chi connectivity index (χ4v) is 3.66. The monoisotopic (exact) mass is 370 g/mol. The number of rotatable bonds is 3. The van der Waals surface area contributed by atoms with Crippen LogP contribution in [0.2, 0.25) is 0 Å². The highest BCUT2D eigenvalue weighted by molar-refractivity contribution is 5.98. The van der Waals surface area contributed by atoms with E-state index in [9.17, 15) is 27.9 Å². The third-order valence-electron chi connectivity index (χ3n) is 5.43. The van der Waals surface area contributed by atoms with E-state index in [4.69, 9.17) is 0 Å². The van der Waals surface area contributed by atoms with Crippen LogP contribution in [-0.2, 0) is 22.3 Å². The number of hydrogen-bond donors (Lipinski definition) is 2. The van der Waals surface area contributed by atoms with Gasteiger partial charge in [-0.2, -0.15) is 13.2 Å². The predicted molar refractivity (Wildman–Crippen MR) is 86.8 cm³/mol. The van der Waals surface area contributed by atoms with Crippen LogP contribution < -0.4 is 5.32 Å². The zero-order chi connectivity index (χ0) is 19.3. The van der Waals surface area contributed by atoms with E-state index in [1.807, 2.05) is 0 Å². The van der Waals surface area contributed by atoms with Gasteiger partial charge in [0, 0.05) is 6.54 Å². The van der Waals surface area contributed by atoms with Crippen LogP contribution >= 0.6 is 0 Å². The molecule has 0 unspecified atom stereocenters. The van der Waals surface area contributed by atoms with E-state index in [0.717, 1.165) is 12.1 Å². The van der Waals surface area contributed by atoms with Crippen LogP contribution in [0.15, 0.2) is 24.3 Å². The molecule has 1 aliphatic carbocycles. The summed E-state index contributed by atoms with van der Waals surface area (Å²) in [5.41, 5.74) is -2.24. The Morgan fingerprint density at radius 3 is 2.27 bits per heavy atom. The highest BCUT2D eigenvalue weighted by Gasteiger charge is 2.60. The molecule has 142 valence electrons. The van der Waals surface area contributed by atoms with E-state index in [1.165, 1.54) is 17.0 Å². The number of halogens is 3. The second-order valence-electron chi connectivity index (χ2n) is 7.65. The van der Waals surface area contributed by atoms with Gasteiger partial charge in [-0.15, -0.1) is 0 Å². The van der Waals surface area contributed by atoms with Crippen molar-refractivity contribution in [2.45, 2.75) is 50.6 Å². The van der Waals surface area contributed by atoms with Crippen molar-refractivity contribution in [3.63, 3.8) is 0 Å². The highest BCUT2D eigenvalue weighted by Crippen LogP contribution is 2.49. The zero-order valence-corrected chi connectivity index (χ0v) is 14.6. The SMILES string of the molecule is CC(C)(O)C1CC2(C1)C(=O)NCC(=O)N2Cc1ccc(C(F)(F)F)cc1. The topological polar surface area (TPSA) is 69.6 Å². The molecule has 1 heterocycles. The van der Waals surface area contributed by atoms with Gasteiger partial charge in [0.15, 0.2) is 0 Å². The van der Waals surface area contributed by atoms with Crippen LogP contribution in [0.3, 0.4) is 0 Å². The average molecular weight is 370 g/mol. The molecule has 1 aromatic rings. The molecular weight excluding hydrogens is 349 g/mol. The van der Waals surface area contributed by atoms with Gasteiger partial charge in [-0.05, 0) is 50.3 Å². The number of aliphatic hydroxyl groups is 1. The second kappa shape index (κ2) is 5.97.